The summed E-state index contributed by atoms with van der Waals surface area (Å²) >= 11 is 0. The third kappa shape index (κ3) is 2.46. The molecule has 0 aromatic heterocycles. The van der Waals surface area contributed by atoms with Gasteiger partial charge in [-0.1, -0.05) is 6.07 Å². The van der Waals surface area contributed by atoms with Crippen LogP contribution in [0.25, 0.3) is 0 Å². The number of ether oxygens (including phenoxy) is 1. The Hall–Kier alpha value is -2.33. The third-order valence-electron chi connectivity index (χ3n) is 4.29. The molecule has 1 amide bonds. The fraction of sp³-hybridized carbons (Fsp3) is 0.278. The van der Waals surface area contributed by atoms with Gasteiger partial charge in [-0.3, -0.25) is 4.79 Å². The van der Waals surface area contributed by atoms with Crippen molar-refractivity contribution >= 4 is 17.3 Å². The molecule has 112 valence electrons. The van der Waals surface area contributed by atoms with Crippen LogP contribution in [0.5, 0.6) is 0 Å². The van der Waals surface area contributed by atoms with E-state index in [0.717, 1.165) is 30.6 Å². The average Bonchev–Trinajstić information content (AvgIpc) is 3.02. The Kier molecular flexibility index (Phi) is 3.31. The number of nitrogens with one attached hydrogen (secondary N) is 2. The largest absolute Gasteiger partial charge is 0.385 e. The molecule has 4 heteroatoms. The molecular weight excluding hydrogens is 276 g/mol. The van der Waals surface area contributed by atoms with Gasteiger partial charge in [-0.25, -0.2) is 0 Å². The number of anilines is 2. The molecule has 2 aromatic rings. The van der Waals surface area contributed by atoms with Crippen LogP contribution in [-0.4, -0.2) is 12.5 Å². The number of hydrogen-bond acceptors (Lipinski definition) is 3. The molecule has 22 heavy (non-hydrogen) atoms. The number of rotatable bonds is 2. The maximum Gasteiger partial charge on any atom is 0.255 e. The SMILES string of the molecule is O=C(Nc1ccc2c(c1)CCCN2)c1ccc2c(c1)COC2. The van der Waals surface area contributed by atoms with Gasteiger partial charge in [-0.15, -0.1) is 0 Å². The van der Waals surface area contributed by atoms with Crippen molar-refractivity contribution in [1.82, 2.24) is 0 Å². The van der Waals surface area contributed by atoms with Crippen molar-refractivity contribution in [3.8, 4) is 0 Å². The minimum absolute atomic E-state index is 0.0709. The van der Waals surface area contributed by atoms with Gasteiger partial charge in [-0.2, -0.15) is 0 Å². The standard InChI is InChI=1S/C18H18N2O2/c21-18(13-3-4-14-10-22-11-15(14)8-13)20-16-5-6-17-12(9-16)2-1-7-19-17/h3-6,8-9,19H,1-2,7,10-11H2,(H,20,21). The first-order valence-corrected chi connectivity index (χ1v) is 7.67. The van der Waals surface area contributed by atoms with Gasteiger partial charge in [0.15, 0.2) is 0 Å². The fourth-order valence-electron chi connectivity index (χ4n) is 3.07. The summed E-state index contributed by atoms with van der Waals surface area (Å²) in [5, 5.41) is 6.37. The molecular formula is C18H18N2O2. The molecule has 0 radical (unpaired) electrons. The van der Waals surface area contributed by atoms with Crippen LogP contribution >= 0.6 is 0 Å². The maximum absolute atomic E-state index is 12.4. The first kappa shape index (κ1) is 13.3. The van der Waals surface area contributed by atoms with Crippen LogP contribution in [0.3, 0.4) is 0 Å². The summed E-state index contributed by atoms with van der Waals surface area (Å²) in [6, 6.07) is 11.8. The molecule has 2 aromatic carbocycles. The first-order chi connectivity index (χ1) is 10.8. The van der Waals surface area contributed by atoms with Crippen LogP contribution in [0, 0.1) is 0 Å². The van der Waals surface area contributed by atoms with Gasteiger partial charge in [0.05, 0.1) is 13.2 Å². The Bertz CT molecular complexity index is 740. The highest BCUT2D eigenvalue weighted by molar-refractivity contribution is 6.04. The zero-order chi connectivity index (χ0) is 14.9. The van der Waals surface area contributed by atoms with E-state index in [2.05, 4.69) is 16.7 Å². The van der Waals surface area contributed by atoms with Crippen LogP contribution in [0.1, 0.15) is 33.5 Å². The van der Waals surface area contributed by atoms with Crippen molar-refractivity contribution in [3.63, 3.8) is 0 Å². The Morgan fingerprint density at radius 1 is 1.05 bits per heavy atom. The highest BCUT2D eigenvalue weighted by atomic mass is 16.5. The average molecular weight is 294 g/mol. The van der Waals surface area contributed by atoms with E-state index in [4.69, 9.17) is 4.74 Å². The third-order valence-corrected chi connectivity index (χ3v) is 4.29. The predicted octanol–water partition coefficient (Wildman–Crippen LogP) is 3.33. The van der Waals surface area contributed by atoms with E-state index < -0.39 is 0 Å². The Labute approximate surface area is 129 Å². The summed E-state index contributed by atoms with van der Waals surface area (Å²) in [4.78, 5) is 12.4. The molecule has 0 bridgehead atoms. The van der Waals surface area contributed by atoms with Crippen LogP contribution in [0.4, 0.5) is 11.4 Å². The number of hydrogen-bond donors (Lipinski definition) is 2. The Morgan fingerprint density at radius 3 is 2.91 bits per heavy atom. The Balaban J connectivity index is 1.54. The smallest absolute Gasteiger partial charge is 0.255 e. The Morgan fingerprint density at radius 2 is 1.95 bits per heavy atom. The lowest BCUT2D eigenvalue weighted by molar-refractivity contribution is 0.102. The van der Waals surface area contributed by atoms with Crippen molar-refractivity contribution in [2.45, 2.75) is 26.1 Å². The molecule has 2 aliphatic heterocycles. The number of carbonyl (C=O) groups is 1. The van der Waals surface area contributed by atoms with Crippen LogP contribution in [-0.2, 0) is 24.4 Å². The molecule has 4 rings (SSSR count). The lowest BCUT2D eigenvalue weighted by Crippen LogP contribution is -2.15. The van der Waals surface area contributed by atoms with Crippen molar-refractivity contribution in [2.75, 3.05) is 17.2 Å². The molecule has 2 aliphatic rings. The zero-order valence-electron chi connectivity index (χ0n) is 12.3. The van der Waals surface area contributed by atoms with Crippen molar-refractivity contribution in [3.05, 3.63) is 58.7 Å². The fourth-order valence-corrected chi connectivity index (χ4v) is 3.07. The molecule has 4 nitrogen and oxygen atoms in total. The summed E-state index contributed by atoms with van der Waals surface area (Å²) < 4.78 is 5.39. The van der Waals surface area contributed by atoms with E-state index in [0.29, 0.717) is 18.8 Å². The van der Waals surface area contributed by atoms with E-state index in [9.17, 15) is 4.79 Å². The number of fused-ring (bicyclic) bond motifs is 2. The van der Waals surface area contributed by atoms with E-state index >= 15 is 0 Å². The first-order valence-electron chi connectivity index (χ1n) is 7.67. The van der Waals surface area contributed by atoms with E-state index in [1.165, 1.54) is 16.8 Å². The topological polar surface area (TPSA) is 50.4 Å². The molecule has 0 spiro atoms. The van der Waals surface area contributed by atoms with Crippen molar-refractivity contribution < 1.29 is 9.53 Å². The minimum Gasteiger partial charge on any atom is -0.385 e. The zero-order valence-corrected chi connectivity index (χ0v) is 12.3. The van der Waals surface area contributed by atoms with E-state index in [1.807, 2.05) is 30.3 Å². The monoisotopic (exact) mass is 294 g/mol. The van der Waals surface area contributed by atoms with Gasteiger partial charge >= 0.3 is 0 Å². The number of carbonyl (C=O) groups excluding carboxylic acids is 1. The van der Waals surface area contributed by atoms with Crippen molar-refractivity contribution in [2.24, 2.45) is 0 Å². The quantitative estimate of drug-likeness (QED) is 0.893. The molecule has 0 saturated carbocycles. The summed E-state index contributed by atoms with van der Waals surface area (Å²) in [7, 11) is 0. The highest BCUT2D eigenvalue weighted by Gasteiger charge is 2.15. The molecule has 0 fully saturated rings. The second-order valence-corrected chi connectivity index (χ2v) is 5.83. The lowest BCUT2D eigenvalue weighted by Gasteiger charge is -2.18. The maximum atomic E-state index is 12.4. The van der Waals surface area contributed by atoms with Crippen LogP contribution in [0.2, 0.25) is 0 Å². The number of benzene rings is 2. The second kappa shape index (κ2) is 5.46. The minimum atomic E-state index is -0.0709. The molecule has 0 aliphatic carbocycles. The molecule has 0 saturated heterocycles. The molecule has 2 heterocycles. The summed E-state index contributed by atoms with van der Waals surface area (Å²) in [6.07, 6.45) is 2.19. The van der Waals surface area contributed by atoms with Crippen LogP contribution in [0.15, 0.2) is 36.4 Å². The van der Waals surface area contributed by atoms with Gasteiger partial charge < -0.3 is 15.4 Å². The summed E-state index contributed by atoms with van der Waals surface area (Å²) in [5.41, 5.74) is 6.27. The van der Waals surface area contributed by atoms with E-state index in [1.54, 1.807) is 0 Å². The second-order valence-electron chi connectivity index (χ2n) is 5.83. The molecule has 0 unspecified atom stereocenters. The normalized spacial score (nSPS) is 15.6. The summed E-state index contributed by atoms with van der Waals surface area (Å²) in [6.45, 7) is 2.27. The number of aryl methyl sites for hydroxylation is 1. The van der Waals surface area contributed by atoms with E-state index in [-0.39, 0.29) is 5.91 Å². The molecule has 0 atom stereocenters. The van der Waals surface area contributed by atoms with Gasteiger partial charge in [0.2, 0.25) is 0 Å². The summed E-state index contributed by atoms with van der Waals surface area (Å²) in [5.74, 6) is -0.0709. The predicted molar refractivity (Wildman–Crippen MR) is 86.1 cm³/mol. The van der Waals surface area contributed by atoms with Crippen LogP contribution < -0.4 is 10.6 Å². The van der Waals surface area contributed by atoms with Crippen molar-refractivity contribution in [1.29, 1.82) is 0 Å². The molecule has 2 N–H and O–H groups in total. The van der Waals surface area contributed by atoms with Gasteiger partial charge in [0.25, 0.3) is 5.91 Å². The van der Waals surface area contributed by atoms with Gasteiger partial charge in [-0.05, 0) is 59.9 Å². The highest BCUT2D eigenvalue weighted by Crippen LogP contribution is 2.26. The van der Waals surface area contributed by atoms with Gasteiger partial charge in [0, 0.05) is 23.5 Å². The van der Waals surface area contributed by atoms with Gasteiger partial charge in [0.1, 0.15) is 0 Å². The number of amides is 1. The lowest BCUT2D eigenvalue weighted by atomic mass is 10.0.